The molecule has 0 saturated carbocycles. The van der Waals surface area contributed by atoms with Crippen LogP contribution >= 0.6 is 0 Å². The Bertz CT molecular complexity index is 578. The lowest BCUT2D eigenvalue weighted by atomic mass is 10.0. The molecule has 120 valence electrons. The molecular weight excluding hydrogens is 282 g/mol. The molecule has 6 heteroatoms. The number of amidine groups is 1. The third-order valence-corrected chi connectivity index (χ3v) is 3.08. The van der Waals surface area contributed by atoms with Crippen molar-refractivity contribution in [1.29, 1.82) is 0 Å². The maximum Gasteiger partial charge on any atom is 0.413 e. The monoisotopic (exact) mass is 305 g/mol. The van der Waals surface area contributed by atoms with E-state index in [-0.39, 0.29) is 18.8 Å². The summed E-state index contributed by atoms with van der Waals surface area (Å²) in [6.07, 6.45) is -0.697. The summed E-state index contributed by atoms with van der Waals surface area (Å²) in [5.74, 6) is 0.474. The van der Waals surface area contributed by atoms with Crippen molar-refractivity contribution in [3.05, 3.63) is 29.8 Å². The summed E-state index contributed by atoms with van der Waals surface area (Å²) in [6, 6.07) is 7.43. The molecule has 0 bridgehead atoms. The van der Waals surface area contributed by atoms with Crippen LogP contribution in [0.2, 0.25) is 0 Å². The van der Waals surface area contributed by atoms with E-state index < -0.39 is 11.7 Å². The van der Waals surface area contributed by atoms with Crippen LogP contribution in [0, 0.1) is 0 Å². The average molecular weight is 305 g/mol. The topological polar surface area (TPSA) is 85.9 Å². The molecule has 0 fully saturated rings. The molecule has 0 spiro atoms. The van der Waals surface area contributed by atoms with Gasteiger partial charge in [0.1, 0.15) is 24.1 Å². The van der Waals surface area contributed by atoms with Crippen molar-refractivity contribution in [2.24, 2.45) is 4.99 Å². The van der Waals surface area contributed by atoms with Crippen LogP contribution in [-0.4, -0.2) is 30.2 Å². The van der Waals surface area contributed by atoms with Crippen molar-refractivity contribution in [2.45, 2.75) is 45.4 Å². The van der Waals surface area contributed by atoms with E-state index in [0.29, 0.717) is 11.5 Å². The molecule has 2 unspecified atom stereocenters. The minimum absolute atomic E-state index is 0.125. The van der Waals surface area contributed by atoms with E-state index >= 15 is 0 Å². The van der Waals surface area contributed by atoms with Gasteiger partial charge in [-0.25, -0.2) is 4.79 Å². The van der Waals surface area contributed by atoms with Crippen molar-refractivity contribution in [1.82, 2.24) is 5.32 Å². The zero-order chi connectivity index (χ0) is 16.3. The molecule has 3 N–H and O–H groups in total. The fourth-order valence-corrected chi connectivity index (χ4v) is 2.26. The van der Waals surface area contributed by atoms with E-state index in [4.69, 9.17) is 15.2 Å². The number of nitrogens with zero attached hydrogens (tertiary/aromatic N) is 1. The third kappa shape index (κ3) is 4.46. The highest BCUT2D eigenvalue weighted by atomic mass is 16.6. The number of nitrogen functional groups attached to an aromatic ring is 1. The number of nitrogens with two attached hydrogens (primary N) is 1. The van der Waals surface area contributed by atoms with Gasteiger partial charge in [-0.2, -0.15) is 0 Å². The van der Waals surface area contributed by atoms with Crippen LogP contribution in [-0.2, 0) is 9.47 Å². The highest BCUT2D eigenvalue weighted by Crippen LogP contribution is 2.27. The van der Waals surface area contributed by atoms with Gasteiger partial charge < -0.3 is 15.2 Å². The van der Waals surface area contributed by atoms with E-state index in [0.717, 1.165) is 5.56 Å². The molecule has 1 aromatic carbocycles. The van der Waals surface area contributed by atoms with Gasteiger partial charge in [0, 0.05) is 5.69 Å². The van der Waals surface area contributed by atoms with Gasteiger partial charge in [-0.15, -0.1) is 0 Å². The van der Waals surface area contributed by atoms with E-state index in [1.165, 1.54) is 0 Å². The van der Waals surface area contributed by atoms with Gasteiger partial charge in [-0.1, -0.05) is 12.1 Å². The smallest absolute Gasteiger partial charge is 0.413 e. The first kappa shape index (κ1) is 16.3. The highest BCUT2D eigenvalue weighted by Gasteiger charge is 2.27. The zero-order valence-electron chi connectivity index (χ0n) is 13.4. The quantitative estimate of drug-likeness (QED) is 0.781. The third-order valence-electron chi connectivity index (χ3n) is 3.08. The molecule has 2 atom stereocenters. The van der Waals surface area contributed by atoms with Crippen LogP contribution < -0.4 is 11.1 Å². The second-order valence-electron chi connectivity index (χ2n) is 6.35. The van der Waals surface area contributed by atoms with Gasteiger partial charge >= 0.3 is 6.09 Å². The summed E-state index contributed by atoms with van der Waals surface area (Å²) < 4.78 is 11.0. The first-order valence-corrected chi connectivity index (χ1v) is 7.28. The lowest BCUT2D eigenvalue weighted by Gasteiger charge is -2.28. The summed E-state index contributed by atoms with van der Waals surface area (Å²) in [4.78, 5) is 16.2. The number of hydrogen-bond acceptors (Lipinski definition) is 5. The van der Waals surface area contributed by atoms with Crippen molar-refractivity contribution >= 4 is 17.6 Å². The van der Waals surface area contributed by atoms with Crippen LogP contribution in [0.3, 0.4) is 0 Å². The summed E-state index contributed by atoms with van der Waals surface area (Å²) in [7, 11) is 0. The summed E-state index contributed by atoms with van der Waals surface area (Å²) >= 11 is 0. The van der Waals surface area contributed by atoms with Gasteiger partial charge in [0.2, 0.25) is 0 Å². The van der Waals surface area contributed by atoms with Gasteiger partial charge in [0.05, 0.1) is 6.04 Å². The van der Waals surface area contributed by atoms with Gasteiger partial charge in [-0.3, -0.25) is 10.3 Å². The standard InChI is InChI=1S/C16H23N3O3/c1-10-14(11-6-5-7-12(17)8-11)21-9-13(18-10)19-15(20)22-16(2,3)4/h5-8,10,14H,9,17H2,1-4H3,(H,18,19,20). The molecule has 1 aliphatic rings. The van der Waals surface area contributed by atoms with Gasteiger partial charge in [0.25, 0.3) is 0 Å². The van der Waals surface area contributed by atoms with Crippen molar-refractivity contribution in [2.75, 3.05) is 12.3 Å². The minimum Gasteiger partial charge on any atom is -0.444 e. The second kappa shape index (κ2) is 6.36. The number of carbonyl (C=O) groups is 1. The SMILES string of the molecule is CC1N=C(NC(=O)OC(C)(C)C)COC1c1cccc(N)c1. The number of anilines is 1. The van der Waals surface area contributed by atoms with E-state index in [1.807, 2.05) is 52.0 Å². The van der Waals surface area contributed by atoms with Crippen LogP contribution in [0.4, 0.5) is 10.5 Å². The number of amides is 1. The Kier molecular flexibility index (Phi) is 4.71. The number of benzene rings is 1. The average Bonchev–Trinajstić information content (AvgIpc) is 2.36. The highest BCUT2D eigenvalue weighted by molar-refractivity contribution is 5.96. The summed E-state index contributed by atoms with van der Waals surface area (Å²) in [5.41, 5.74) is 6.92. The predicted molar refractivity (Wildman–Crippen MR) is 85.8 cm³/mol. The van der Waals surface area contributed by atoms with E-state index in [2.05, 4.69) is 10.3 Å². The fourth-order valence-electron chi connectivity index (χ4n) is 2.26. The number of nitrogens with one attached hydrogen (secondary N) is 1. The summed E-state index contributed by atoms with van der Waals surface area (Å²) in [6.45, 7) is 7.59. The number of rotatable bonds is 1. The summed E-state index contributed by atoms with van der Waals surface area (Å²) in [5, 5.41) is 2.63. The minimum atomic E-state index is -0.546. The lowest BCUT2D eigenvalue weighted by Crippen LogP contribution is -2.42. The Morgan fingerprint density at radius 2 is 2.18 bits per heavy atom. The lowest BCUT2D eigenvalue weighted by molar-refractivity contribution is 0.0456. The Balaban J connectivity index is 2.02. The molecule has 22 heavy (non-hydrogen) atoms. The number of alkyl carbamates (subject to hydrolysis) is 1. The molecule has 0 aliphatic carbocycles. The largest absolute Gasteiger partial charge is 0.444 e. The van der Waals surface area contributed by atoms with Crippen LogP contribution in [0.5, 0.6) is 0 Å². The van der Waals surface area contributed by atoms with E-state index in [9.17, 15) is 4.79 Å². The Morgan fingerprint density at radius 1 is 1.45 bits per heavy atom. The predicted octanol–water partition coefficient (Wildman–Crippen LogP) is 2.65. The molecule has 2 rings (SSSR count). The van der Waals surface area contributed by atoms with E-state index in [1.54, 1.807) is 0 Å². The first-order valence-electron chi connectivity index (χ1n) is 7.28. The molecule has 0 saturated heterocycles. The van der Waals surface area contributed by atoms with Gasteiger partial charge in [-0.05, 0) is 45.4 Å². The second-order valence-corrected chi connectivity index (χ2v) is 6.35. The molecule has 1 amide bonds. The normalized spacial score (nSPS) is 21.9. The maximum absolute atomic E-state index is 11.7. The Morgan fingerprint density at radius 3 is 2.77 bits per heavy atom. The van der Waals surface area contributed by atoms with Crippen LogP contribution in [0.1, 0.15) is 39.4 Å². The van der Waals surface area contributed by atoms with Crippen molar-refractivity contribution in [3.63, 3.8) is 0 Å². The van der Waals surface area contributed by atoms with Crippen molar-refractivity contribution in [3.8, 4) is 0 Å². The number of aliphatic imine (C=N–C) groups is 1. The molecular formula is C16H23N3O3. The Hall–Kier alpha value is -2.08. The number of hydrogen-bond donors (Lipinski definition) is 2. The number of carbonyl (C=O) groups excluding carboxylic acids is 1. The molecule has 1 aromatic rings. The molecule has 1 heterocycles. The van der Waals surface area contributed by atoms with Crippen LogP contribution in [0.15, 0.2) is 29.3 Å². The van der Waals surface area contributed by atoms with Gasteiger partial charge in [0.15, 0.2) is 0 Å². The molecule has 1 aliphatic heterocycles. The molecule has 0 radical (unpaired) electrons. The molecule has 6 nitrogen and oxygen atoms in total. The zero-order valence-corrected chi connectivity index (χ0v) is 13.4. The first-order chi connectivity index (χ1) is 10.2. The Labute approximate surface area is 130 Å². The number of ether oxygens (including phenoxy) is 2. The van der Waals surface area contributed by atoms with Crippen molar-refractivity contribution < 1.29 is 14.3 Å². The fraction of sp³-hybridized carbons (Fsp3) is 0.500. The maximum atomic E-state index is 11.7. The van der Waals surface area contributed by atoms with Crippen LogP contribution in [0.25, 0.3) is 0 Å². The molecule has 0 aromatic heterocycles.